The van der Waals surface area contributed by atoms with Crippen LogP contribution in [0.25, 0.3) is 22.5 Å². The number of rotatable bonds is 2. The van der Waals surface area contributed by atoms with Crippen molar-refractivity contribution in [2.45, 2.75) is 20.8 Å². The van der Waals surface area contributed by atoms with Crippen LogP contribution in [0, 0.1) is 20.8 Å². The lowest BCUT2D eigenvalue weighted by molar-refractivity contribution is 0.734. The smallest absolute Gasteiger partial charge is 0.265 e. The topological polar surface area (TPSA) is 78.5 Å². The number of nitrogens with zero attached hydrogens (tertiary/aromatic N) is 6. The molecule has 3 heterocycles. The first kappa shape index (κ1) is 16.4. The van der Waals surface area contributed by atoms with Gasteiger partial charge in [0.05, 0.1) is 17.6 Å². The van der Waals surface area contributed by atoms with Crippen molar-refractivity contribution in [2.75, 3.05) is 0 Å². The van der Waals surface area contributed by atoms with Crippen LogP contribution in [0.15, 0.2) is 41.3 Å². The molecule has 0 unspecified atom stereocenters. The average molecular weight is 367 g/mol. The lowest BCUT2D eigenvalue weighted by atomic mass is 10.2. The van der Waals surface area contributed by atoms with Crippen molar-refractivity contribution >= 4 is 22.5 Å². The predicted molar refractivity (Wildman–Crippen MR) is 99.3 cm³/mol. The first-order valence-electron chi connectivity index (χ1n) is 8.00. The molecule has 0 saturated carbocycles. The summed E-state index contributed by atoms with van der Waals surface area (Å²) in [6, 6.07) is 9.01. The second-order valence-corrected chi connectivity index (χ2v) is 6.49. The van der Waals surface area contributed by atoms with Crippen LogP contribution in [-0.2, 0) is 0 Å². The van der Waals surface area contributed by atoms with Crippen LogP contribution < -0.4 is 5.56 Å². The normalized spacial score (nSPS) is 11.2. The van der Waals surface area contributed by atoms with E-state index in [4.69, 9.17) is 11.6 Å². The van der Waals surface area contributed by atoms with Gasteiger partial charge < -0.3 is 0 Å². The Bertz CT molecular complexity index is 1190. The third-order valence-corrected chi connectivity index (χ3v) is 4.25. The minimum absolute atomic E-state index is 0.247. The summed E-state index contributed by atoms with van der Waals surface area (Å²) in [5, 5.41) is 9.98. The van der Waals surface area contributed by atoms with E-state index in [0.29, 0.717) is 27.3 Å². The molecule has 7 nitrogen and oxygen atoms in total. The lowest BCUT2D eigenvalue weighted by Crippen LogP contribution is -2.26. The van der Waals surface area contributed by atoms with Gasteiger partial charge in [0.15, 0.2) is 0 Å². The number of hydrogen-bond acceptors (Lipinski definition) is 5. The van der Waals surface area contributed by atoms with Gasteiger partial charge in [-0.15, -0.1) is 0 Å². The maximum atomic E-state index is 13.2. The Morgan fingerprint density at radius 1 is 1.00 bits per heavy atom. The largest absolute Gasteiger partial charge is 0.300 e. The van der Waals surface area contributed by atoms with E-state index in [0.717, 1.165) is 11.4 Å². The third-order valence-electron chi connectivity index (χ3n) is 4.02. The van der Waals surface area contributed by atoms with Gasteiger partial charge in [0, 0.05) is 21.8 Å². The van der Waals surface area contributed by atoms with Crippen LogP contribution in [0.1, 0.15) is 17.1 Å². The highest BCUT2D eigenvalue weighted by atomic mass is 35.5. The summed E-state index contributed by atoms with van der Waals surface area (Å²) in [7, 11) is 0. The third kappa shape index (κ3) is 2.66. The van der Waals surface area contributed by atoms with E-state index in [9.17, 15) is 4.79 Å². The van der Waals surface area contributed by atoms with Crippen LogP contribution in [0.2, 0.25) is 5.02 Å². The molecule has 0 spiro atoms. The molecule has 0 amide bonds. The van der Waals surface area contributed by atoms with Gasteiger partial charge in [0.25, 0.3) is 5.95 Å². The fraction of sp³-hybridized carbons (Fsp3) is 0.167. The summed E-state index contributed by atoms with van der Waals surface area (Å²) in [5.41, 5.74) is 2.96. The second kappa shape index (κ2) is 6.03. The number of benzene rings is 1. The molecule has 4 rings (SSSR count). The lowest BCUT2D eigenvalue weighted by Gasteiger charge is -2.08. The van der Waals surface area contributed by atoms with Gasteiger partial charge in [-0.3, -0.25) is 4.79 Å². The summed E-state index contributed by atoms with van der Waals surface area (Å²) >= 11 is 6.09. The molecule has 0 fully saturated rings. The molecular formula is C18H15ClN6O. The second-order valence-electron chi connectivity index (χ2n) is 6.05. The fourth-order valence-electron chi connectivity index (χ4n) is 2.91. The molecule has 0 atom stereocenters. The van der Waals surface area contributed by atoms with Crippen LogP contribution in [0.3, 0.4) is 0 Å². The van der Waals surface area contributed by atoms with Crippen molar-refractivity contribution in [3.63, 3.8) is 0 Å². The van der Waals surface area contributed by atoms with Gasteiger partial charge in [-0.05, 0) is 45.0 Å². The molecule has 0 aliphatic rings. The van der Waals surface area contributed by atoms with Crippen molar-refractivity contribution < 1.29 is 0 Å². The Morgan fingerprint density at radius 3 is 2.42 bits per heavy atom. The van der Waals surface area contributed by atoms with E-state index in [1.165, 1.54) is 4.68 Å². The standard InChI is InChI=1S/C18H15ClN6O/c1-10-7-11(2)22-18(21-10)25-17(26)16-15(12(3)23-25)9-20-24(16)14-6-4-5-13(19)8-14/h4-9H,1-3H3. The average Bonchev–Trinajstić information content (AvgIpc) is 3.03. The molecular weight excluding hydrogens is 352 g/mol. The minimum Gasteiger partial charge on any atom is -0.265 e. The van der Waals surface area contributed by atoms with E-state index in [1.807, 2.05) is 39.0 Å². The van der Waals surface area contributed by atoms with E-state index in [2.05, 4.69) is 20.2 Å². The van der Waals surface area contributed by atoms with Crippen molar-refractivity contribution in [3.8, 4) is 11.6 Å². The van der Waals surface area contributed by atoms with Gasteiger partial charge in [-0.2, -0.15) is 14.9 Å². The van der Waals surface area contributed by atoms with Crippen LogP contribution in [-0.4, -0.2) is 29.5 Å². The van der Waals surface area contributed by atoms with Crippen molar-refractivity contribution in [1.29, 1.82) is 0 Å². The highest BCUT2D eigenvalue weighted by Gasteiger charge is 2.17. The van der Waals surface area contributed by atoms with Gasteiger partial charge in [-0.1, -0.05) is 17.7 Å². The first-order valence-corrected chi connectivity index (χ1v) is 8.38. The Labute approximate surface area is 153 Å². The van der Waals surface area contributed by atoms with Crippen LogP contribution in [0.5, 0.6) is 0 Å². The van der Waals surface area contributed by atoms with Crippen molar-refractivity contribution in [2.24, 2.45) is 0 Å². The molecule has 1 aromatic carbocycles. The number of aryl methyl sites for hydroxylation is 3. The zero-order valence-electron chi connectivity index (χ0n) is 14.4. The SMILES string of the molecule is Cc1cc(C)nc(-n2nc(C)c3cnn(-c4cccc(Cl)c4)c3c2=O)n1. The van der Waals surface area contributed by atoms with E-state index >= 15 is 0 Å². The van der Waals surface area contributed by atoms with Gasteiger partial charge >= 0.3 is 5.56 Å². The Hall–Kier alpha value is -3.06. The molecule has 0 N–H and O–H groups in total. The summed E-state index contributed by atoms with van der Waals surface area (Å²) in [6.45, 7) is 5.53. The molecule has 0 radical (unpaired) electrons. The molecule has 3 aromatic heterocycles. The van der Waals surface area contributed by atoms with Crippen LogP contribution >= 0.6 is 11.6 Å². The number of hydrogen-bond donors (Lipinski definition) is 0. The maximum absolute atomic E-state index is 13.2. The Balaban J connectivity index is 2.04. The first-order chi connectivity index (χ1) is 12.4. The molecule has 130 valence electrons. The van der Waals surface area contributed by atoms with Crippen molar-refractivity contribution in [1.82, 2.24) is 29.5 Å². The maximum Gasteiger partial charge on any atom is 0.300 e. The van der Waals surface area contributed by atoms with Crippen molar-refractivity contribution in [3.05, 3.63) is 69.0 Å². The van der Waals surface area contributed by atoms with Crippen LogP contribution in [0.4, 0.5) is 0 Å². The highest BCUT2D eigenvalue weighted by Crippen LogP contribution is 2.20. The number of fused-ring (bicyclic) bond motifs is 1. The monoisotopic (exact) mass is 366 g/mol. The Kier molecular flexibility index (Phi) is 3.81. The molecule has 26 heavy (non-hydrogen) atoms. The van der Waals surface area contributed by atoms with Gasteiger partial charge in [0.2, 0.25) is 0 Å². The molecule has 4 aromatic rings. The van der Waals surface area contributed by atoms with Gasteiger partial charge in [0.1, 0.15) is 5.52 Å². The minimum atomic E-state index is -0.340. The summed E-state index contributed by atoms with van der Waals surface area (Å²) in [4.78, 5) is 21.9. The fourth-order valence-corrected chi connectivity index (χ4v) is 3.09. The summed E-state index contributed by atoms with van der Waals surface area (Å²) in [5.74, 6) is 0.247. The summed E-state index contributed by atoms with van der Waals surface area (Å²) in [6.07, 6.45) is 1.63. The quantitative estimate of drug-likeness (QED) is 0.545. The molecule has 0 saturated heterocycles. The Morgan fingerprint density at radius 2 is 1.73 bits per heavy atom. The van der Waals surface area contributed by atoms with E-state index < -0.39 is 0 Å². The highest BCUT2D eigenvalue weighted by molar-refractivity contribution is 6.30. The number of halogens is 1. The van der Waals surface area contributed by atoms with E-state index in [-0.39, 0.29) is 11.5 Å². The predicted octanol–water partition coefficient (Wildman–Crippen LogP) is 2.94. The zero-order chi connectivity index (χ0) is 18.4. The molecule has 0 aliphatic heterocycles. The molecule has 0 aliphatic carbocycles. The van der Waals surface area contributed by atoms with E-state index in [1.54, 1.807) is 23.0 Å². The summed E-state index contributed by atoms with van der Waals surface area (Å²) < 4.78 is 2.79. The number of aromatic nitrogens is 6. The zero-order valence-corrected chi connectivity index (χ0v) is 15.2. The molecule has 8 heteroatoms. The molecule has 0 bridgehead atoms. The van der Waals surface area contributed by atoms with Gasteiger partial charge in [-0.25, -0.2) is 14.6 Å².